The Hall–Kier alpha value is -0.720. The maximum absolute atomic E-state index is 9.25. The lowest BCUT2D eigenvalue weighted by Crippen LogP contribution is -2.32. The van der Waals surface area contributed by atoms with Crippen LogP contribution in [0.5, 0.6) is 0 Å². The molecule has 2 N–H and O–H groups in total. The number of anilines is 1. The Kier molecular flexibility index (Phi) is 4.09. The maximum atomic E-state index is 9.25. The zero-order valence-electron chi connectivity index (χ0n) is 9.52. The van der Waals surface area contributed by atoms with Crippen molar-refractivity contribution in [2.75, 3.05) is 25.0 Å². The Bertz CT molecular complexity index is 330. The summed E-state index contributed by atoms with van der Waals surface area (Å²) in [6.07, 6.45) is 2.25. The van der Waals surface area contributed by atoms with E-state index < -0.39 is 0 Å². The van der Waals surface area contributed by atoms with Crippen molar-refractivity contribution in [3.8, 4) is 0 Å². The van der Waals surface area contributed by atoms with Crippen molar-refractivity contribution >= 4 is 16.5 Å². The SMILES string of the molecule is CCNc1snnc1CN1CCCC1CO. The molecule has 1 unspecified atom stereocenters. The molecule has 90 valence electrons. The quantitative estimate of drug-likeness (QED) is 0.804. The molecule has 0 amide bonds. The van der Waals surface area contributed by atoms with Gasteiger partial charge in [0.2, 0.25) is 0 Å². The first-order chi connectivity index (χ1) is 7.85. The number of nitrogens with zero attached hydrogens (tertiary/aromatic N) is 3. The molecular formula is C10H18N4OS. The predicted molar refractivity (Wildman–Crippen MR) is 64.6 cm³/mol. The fraction of sp³-hybridized carbons (Fsp3) is 0.800. The van der Waals surface area contributed by atoms with Gasteiger partial charge in [-0.2, -0.15) is 0 Å². The van der Waals surface area contributed by atoms with Crippen molar-refractivity contribution in [3.63, 3.8) is 0 Å². The van der Waals surface area contributed by atoms with Crippen molar-refractivity contribution in [2.24, 2.45) is 0 Å². The van der Waals surface area contributed by atoms with Crippen LogP contribution in [0.2, 0.25) is 0 Å². The molecule has 0 radical (unpaired) electrons. The first kappa shape index (κ1) is 11.8. The molecule has 1 aromatic heterocycles. The molecule has 1 aliphatic heterocycles. The molecule has 2 heterocycles. The predicted octanol–water partition coefficient (Wildman–Crippen LogP) is 0.927. The van der Waals surface area contributed by atoms with Crippen LogP contribution in [0.25, 0.3) is 0 Å². The van der Waals surface area contributed by atoms with Gasteiger partial charge in [-0.05, 0) is 26.3 Å². The molecule has 1 aliphatic rings. The molecule has 0 saturated carbocycles. The van der Waals surface area contributed by atoms with Gasteiger partial charge in [-0.25, -0.2) is 0 Å². The Morgan fingerprint density at radius 2 is 2.50 bits per heavy atom. The molecule has 0 spiro atoms. The smallest absolute Gasteiger partial charge is 0.134 e. The Labute approximate surface area is 99.6 Å². The zero-order valence-corrected chi connectivity index (χ0v) is 10.3. The number of aliphatic hydroxyl groups excluding tert-OH is 1. The summed E-state index contributed by atoms with van der Waals surface area (Å²) in [7, 11) is 0. The van der Waals surface area contributed by atoms with Crippen molar-refractivity contribution < 1.29 is 5.11 Å². The van der Waals surface area contributed by atoms with E-state index in [4.69, 9.17) is 0 Å². The Morgan fingerprint density at radius 3 is 3.25 bits per heavy atom. The fourth-order valence-electron chi connectivity index (χ4n) is 2.11. The van der Waals surface area contributed by atoms with E-state index in [0.717, 1.165) is 36.8 Å². The first-order valence-corrected chi connectivity index (χ1v) is 6.52. The third-order valence-corrected chi connectivity index (χ3v) is 3.68. The monoisotopic (exact) mass is 242 g/mol. The highest BCUT2D eigenvalue weighted by Crippen LogP contribution is 2.24. The number of hydrogen-bond acceptors (Lipinski definition) is 6. The molecule has 0 aromatic carbocycles. The molecule has 1 atom stereocenters. The summed E-state index contributed by atoms with van der Waals surface area (Å²) in [6, 6.07) is 0.302. The van der Waals surface area contributed by atoms with E-state index in [2.05, 4.69) is 26.7 Å². The number of aromatic nitrogens is 2. The second-order valence-corrected chi connectivity index (χ2v) is 4.78. The summed E-state index contributed by atoms with van der Waals surface area (Å²) in [5, 5.41) is 17.7. The normalized spacial score (nSPS) is 21.5. The largest absolute Gasteiger partial charge is 0.395 e. The number of hydrogen-bond donors (Lipinski definition) is 2. The molecule has 1 saturated heterocycles. The number of nitrogens with one attached hydrogen (secondary N) is 1. The number of aliphatic hydroxyl groups is 1. The minimum atomic E-state index is 0.244. The fourth-order valence-corrected chi connectivity index (χ4v) is 2.75. The molecule has 0 bridgehead atoms. The second-order valence-electron chi connectivity index (χ2n) is 4.03. The van der Waals surface area contributed by atoms with E-state index in [9.17, 15) is 5.11 Å². The van der Waals surface area contributed by atoms with Gasteiger partial charge in [-0.15, -0.1) is 5.10 Å². The van der Waals surface area contributed by atoms with Crippen LogP contribution in [0.3, 0.4) is 0 Å². The van der Waals surface area contributed by atoms with Crippen LogP contribution in [-0.2, 0) is 6.54 Å². The maximum Gasteiger partial charge on any atom is 0.134 e. The van der Waals surface area contributed by atoms with Gasteiger partial charge >= 0.3 is 0 Å². The van der Waals surface area contributed by atoms with Crippen LogP contribution in [0.15, 0.2) is 0 Å². The van der Waals surface area contributed by atoms with E-state index in [0.29, 0.717) is 6.04 Å². The van der Waals surface area contributed by atoms with Gasteiger partial charge in [0.15, 0.2) is 0 Å². The molecule has 16 heavy (non-hydrogen) atoms. The van der Waals surface area contributed by atoms with Crippen LogP contribution in [0, 0.1) is 0 Å². The van der Waals surface area contributed by atoms with E-state index in [-0.39, 0.29) is 6.61 Å². The highest BCUT2D eigenvalue weighted by molar-refractivity contribution is 7.10. The molecule has 6 heteroatoms. The first-order valence-electron chi connectivity index (χ1n) is 5.75. The lowest BCUT2D eigenvalue weighted by molar-refractivity contribution is 0.152. The average Bonchev–Trinajstić information content (AvgIpc) is 2.89. The number of rotatable bonds is 5. The lowest BCUT2D eigenvalue weighted by Gasteiger charge is -2.21. The van der Waals surface area contributed by atoms with E-state index in [1.807, 2.05) is 0 Å². The third-order valence-electron chi connectivity index (χ3n) is 2.96. The summed E-state index contributed by atoms with van der Waals surface area (Å²) in [5.74, 6) is 0. The van der Waals surface area contributed by atoms with Crippen LogP contribution >= 0.6 is 11.5 Å². The third kappa shape index (κ3) is 2.50. The van der Waals surface area contributed by atoms with Crippen LogP contribution < -0.4 is 5.32 Å². The number of likely N-dealkylation sites (tertiary alicyclic amines) is 1. The Morgan fingerprint density at radius 1 is 1.62 bits per heavy atom. The van der Waals surface area contributed by atoms with E-state index >= 15 is 0 Å². The summed E-state index contributed by atoms with van der Waals surface area (Å²) in [6.45, 7) is 5.04. The van der Waals surface area contributed by atoms with Gasteiger partial charge in [-0.3, -0.25) is 4.90 Å². The van der Waals surface area contributed by atoms with Gasteiger partial charge < -0.3 is 10.4 Å². The van der Waals surface area contributed by atoms with Gasteiger partial charge in [0, 0.05) is 30.7 Å². The topological polar surface area (TPSA) is 61.3 Å². The van der Waals surface area contributed by atoms with Crippen LogP contribution in [0.1, 0.15) is 25.5 Å². The van der Waals surface area contributed by atoms with Crippen molar-refractivity contribution in [2.45, 2.75) is 32.4 Å². The minimum Gasteiger partial charge on any atom is -0.395 e. The molecule has 1 aromatic rings. The van der Waals surface area contributed by atoms with Crippen molar-refractivity contribution in [1.82, 2.24) is 14.5 Å². The van der Waals surface area contributed by atoms with E-state index in [1.54, 1.807) is 0 Å². The highest BCUT2D eigenvalue weighted by atomic mass is 32.1. The van der Waals surface area contributed by atoms with Gasteiger partial charge in [0.1, 0.15) is 10.7 Å². The molecular weight excluding hydrogens is 224 g/mol. The second kappa shape index (κ2) is 5.56. The van der Waals surface area contributed by atoms with Crippen molar-refractivity contribution in [1.29, 1.82) is 0 Å². The molecule has 5 nitrogen and oxygen atoms in total. The summed E-state index contributed by atoms with van der Waals surface area (Å²) >= 11 is 1.40. The lowest BCUT2D eigenvalue weighted by atomic mass is 10.2. The van der Waals surface area contributed by atoms with Crippen molar-refractivity contribution in [3.05, 3.63) is 5.69 Å². The zero-order chi connectivity index (χ0) is 11.4. The molecule has 0 aliphatic carbocycles. The highest BCUT2D eigenvalue weighted by Gasteiger charge is 2.25. The Balaban J connectivity index is 1.99. The minimum absolute atomic E-state index is 0.244. The molecule has 2 rings (SSSR count). The standard InChI is InChI=1S/C10H18N4OS/c1-2-11-10-9(12-13-16-10)6-14-5-3-4-8(14)7-15/h8,11,15H,2-7H2,1H3. The van der Waals surface area contributed by atoms with E-state index in [1.165, 1.54) is 18.0 Å². The molecule has 1 fully saturated rings. The average molecular weight is 242 g/mol. The van der Waals surface area contributed by atoms with Gasteiger partial charge in [-0.1, -0.05) is 4.49 Å². The summed E-state index contributed by atoms with van der Waals surface area (Å²) in [5.41, 5.74) is 1.01. The summed E-state index contributed by atoms with van der Waals surface area (Å²) < 4.78 is 3.97. The van der Waals surface area contributed by atoms with Crippen LogP contribution in [0.4, 0.5) is 5.00 Å². The summed E-state index contributed by atoms with van der Waals surface area (Å²) in [4.78, 5) is 2.29. The van der Waals surface area contributed by atoms with Crippen LogP contribution in [-0.4, -0.2) is 45.3 Å². The van der Waals surface area contributed by atoms with Gasteiger partial charge in [0.25, 0.3) is 0 Å². The van der Waals surface area contributed by atoms with Gasteiger partial charge in [0.05, 0.1) is 6.61 Å².